The lowest BCUT2D eigenvalue weighted by molar-refractivity contribution is -0.131. The van der Waals surface area contributed by atoms with Crippen LogP contribution in [0.5, 0.6) is 0 Å². The quantitative estimate of drug-likeness (QED) is 0.643. The average molecular weight is 387 g/mol. The Balaban J connectivity index is 1.40. The summed E-state index contributed by atoms with van der Waals surface area (Å²) in [5.41, 5.74) is 4.01. The van der Waals surface area contributed by atoms with Crippen LogP contribution in [0.4, 0.5) is 5.69 Å². The summed E-state index contributed by atoms with van der Waals surface area (Å²) in [6.07, 6.45) is 5.55. The number of rotatable bonds is 5. The molecule has 2 heterocycles. The second-order valence-electron chi connectivity index (χ2n) is 7.47. The van der Waals surface area contributed by atoms with Gasteiger partial charge in [0, 0.05) is 35.9 Å². The van der Waals surface area contributed by atoms with E-state index in [1.54, 1.807) is 0 Å². The van der Waals surface area contributed by atoms with E-state index < -0.39 is 0 Å². The van der Waals surface area contributed by atoms with Crippen LogP contribution in [0.15, 0.2) is 67.4 Å². The zero-order chi connectivity index (χ0) is 20.2. The van der Waals surface area contributed by atoms with Gasteiger partial charge in [0.05, 0.1) is 6.42 Å². The molecule has 2 aromatic carbocycles. The third kappa shape index (κ3) is 4.09. The minimum absolute atomic E-state index is 0.0997. The number of carbonyl (C=O) groups is 2. The van der Waals surface area contributed by atoms with E-state index in [1.807, 2.05) is 35.2 Å². The molecular weight excluding hydrogens is 362 g/mol. The first-order valence-electron chi connectivity index (χ1n) is 10.0. The van der Waals surface area contributed by atoms with Crippen LogP contribution >= 0.6 is 0 Å². The number of nitrogens with zero attached hydrogens (tertiary/aromatic N) is 1. The van der Waals surface area contributed by atoms with Crippen molar-refractivity contribution in [3.05, 3.63) is 78.5 Å². The Kier molecular flexibility index (Phi) is 5.47. The van der Waals surface area contributed by atoms with Gasteiger partial charge in [-0.3, -0.25) is 9.59 Å². The Morgan fingerprint density at radius 2 is 1.83 bits per heavy atom. The van der Waals surface area contributed by atoms with Gasteiger partial charge in [-0.15, -0.1) is 0 Å². The molecule has 3 aromatic rings. The average Bonchev–Trinajstić information content (AvgIpc) is 3.19. The van der Waals surface area contributed by atoms with Crippen molar-refractivity contribution in [1.29, 1.82) is 0 Å². The van der Waals surface area contributed by atoms with Crippen LogP contribution in [0.1, 0.15) is 29.9 Å². The van der Waals surface area contributed by atoms with E-state index in [4.69, 9.17) is 0 Å². The van der Waals surface area contributed by atoms with E-state index in [2.05, 4.69) is 41.3 Å². The number of amides is 2. The number of aromatic amines is 1. The molecule has 0 atom stereocenters. The molecule has 1 aliphatic rings. The second kappa shape index (κ2) is 8.35. The summed E-state index contributed by atoms with van der Waals surface area (Å²) in [5.74, 6) is 0.293. The summed E-state index contributed by atoms with van der Waals surface area (Å²) in [4.78, 5) is 29.8. The molecule has 0 radical (unpaired) electrons. The molecular formula is C24H25N3O2. The Labute approximate surface area is 170 Å². The number of fused-ring (bicyclic) bond motifs is 1. The number of benzene rings is 2. The number of likely N-dealkylation sites (tertiary alicyclic amines) is 1. The number of carbonyl (C=O) groups excluding carboxylic acids is 2. The first kappa shape index (κ1) is 19.0. The molecule has 0 spiro atoms. The number of H-pyrrole nitrogens is 1. The fraction of sp³-hybridized carbons (Fsp3) is 0.250. The predicted octanol–water partition coefficient (Wildman–Crippen LogP) is 4.24. The van der Waals surface area contributed by atoms with Gasteiger partial charge in [-0.25, -0.2) is 0 Å². The maximum atomic E-state index is 12.9. The maximum Gasteiger partial charge on any atom is 0.247 e. The number of hydrogen-bond donors (Lipinski definition) is 2. The van der Waals surface area contributed by atoms with E-state index in [0.717, 1.165) is 31.5 Å². The van der Waals surface area contributed by atoms with Gasteiger partial charge in [0.15, 0.2) is 0 Å². The number of piperidine rings is 1. The highest BCUT2D eigenvalue weighted by Gasteiger charge is 2.25. The Morgan fingerprint density at radius 3 is 2.62 bits per heavy atom. The zero-order valence-electron chi connectivity index (χ0n) is 16.4. The Hall–Kier alpha value is -3.34. The summed E-state index contributed by atoms with van der Waals surface area (Å²) in [7, 11) is 0. The molecule has 5 heteroatoms. The molecule has 0 unspecified atom stereocenters. The fourth-order valence-electron chi connectivity index (χ4n) is 4.13. The molecule has 5 nitrogen and oxygen atoms in total. The third-order valence-corrected chi connectivity index (χ3v) is 5.71. The molecule has 1 saturated heterocycles. The van der Waals surface area contributed by atoms with E-state index in [0.29, 0.717) is 11.6 Å². The van der Waals surface area contributed by atoms with Gasteiger partial charge >= 0.3 is 0 Å². The van der Waals surface area contributed by atoms with Crippen LogP contribution in [0.25, 0.3) is 10.9 Å². The Morgan fingerprint density at radius 1 is 1.10 bits per heavy atom. The third-order valence-electron chi connectivity index (χ3n) is 5.71. The number of hydrogen-bond acceptors (Lipinski definition) is 2. The predicted molar refractivity (Wildman–Crippen MR) is 116 cm³/mol. The minimum Gasteiger partial charge on any atom is -0.361 e. The number of anilines is 1. The van der Waals surface area contributed by atoms with Crippen molar-refractivity contribution in [3.8, 4) is 0 Å². The minimum atomic E-state index is -0.274. The highest BCUT2D eigenvalue weighted by atomic mass is 16.2. The van der Waals surface area contributed by atoms with E-state index in [1.165, 1.54) is 22.5 Å². The van der Waals surface area contributed by atoms with Crippen molar-refractivity contribution in [3.63, 3.8) is 0 Å². The van der Waals surface area contributed by atoms with Crippen molar-refractivity contribution in [1.82, 2.24) is 9.88 Å². The van der Waals surface area contributed by atoms with Crippen molar-refractivity contribution in [2.45, 2.75) is 25.2 Å². The summed E-state index contributed by atoms with van der Waals surface area (Å²) in [6, 6.07) is 15.8. The van der Waals surface area contributed by atoms with Gasteiger partial charge in [-0.1, -0.05) is 43.0 Å². The molecule has 1 fully saturated rings. The molecule has 1 aromatic heterocycles. The van der Waals surface area contributed by atoms with Crippen molar-refractivity contribution >= 4 is 28.4 Å². The van der Waals surface area contributed by atoms with Crippen LogP contribution < -0.4 is 5.32 Å². The summed E-state index contributed by atoms with van der Waals surface area (Å²) in [6.45, 7) is 4.99. The van der Waals surface area contributed by atoms with E-state index >= 15 is 0 Å². The summed E-state index contributed by atoms with van der Waals surface area (Å²) >= 11 is 0. The lowest BCUT2D eigenvalue weighted by atomic mass is 9.89. The summed E-state index contributed by atoms with van der Waals surface area (Å²) < 4.78 is 0. The highest BCUT2D eigenvalue weighted by molar-refractivity contribution is 5.99. The maximum absolute atomic E-state index is 12.9. The van der Waals surface area contributed by atoms with Crippen LogP contribution in [-0.4, -0.2) is 34.8 Å². The molecule has 29 heavy (non-hydrogen) atoms. The number of para-hydroxylation sites is 2. The van der Waals surface area contributed by atoms with Gasteiger partial charge in [0.2, 0.25) is 11.8 Å². The second-order valence-corrected chi connectivity index (χ2v) is 7.47. The van der Waals surface area contributed by atoms with Crippen molar-refractivity contribution in [2.75, 3.05) is 18.4 Å². The summed E-state index contributed by atoms with van der Waals surface area (Å²) in [5, 5.41) is 4.06. The lowest BCUT2D eigenvalue weighted by Gasteiger charge is -2.32. The van der Waals surface area contributed by atoms with E-state index in [-0.39, 0.29) is 18.2 Å². The van der Waals surface area contributed by atoms with Crippen LogP contribution in [0.2, 0.25) is 0 Å². The van der Waals surface area contributed by atoms with Gasteiger partial charge in [0.1, 0.15) is 0 Å². The lowest BCUT2D eigenvalue weighted by Crippen LogP contribution is -2.38. The van der Waals surface area contributed by atoms with E-state index in [9.17, 15) is 9.59 Å². The molecule has 148 valence electrons. The number of aromatic nitrogens is 1. The SMILES string of the molecule is C=CC(=O)Nc1ccccc1CC(=O)N1CCC(c2c[nH]c3ccccc23)CC1. The molecule has 2 amide bonds. The van der Waals surface area contributed by atoms with Gasteiger partial charge < -0.3 is 15.2 Å². The molecule has 0 saturated carbocycles. The zero-order valence-corrected chi connectivity index (χ0v) is 16.4. The highest BCUT2D eigenvalue weighted by Crippen LogP contribution is 2.33. The molecule has 4 rings (SSSR count). The van der Waals surface area contributed by atoms with Gasteiger partial charge in [-0.05, 0) is 48.1 Å². The molecule has 1 aliphatic heterocycles. The van der Waals surface area contributed by atoms with Gasteiger partial charge in [-0.2, -0.15) is 0 Å². The first-order chi connectivity index (χ1) is 14.2. The monoisotopic (exact) mass is 387 g/mol. The topological polar surface area (TPSA) is 65.2 Å². The smallest absolute Gasteiger partial charge is 0.247 e. The molecule has 0 aliphatic carbocycles. The fourth-order valence-corrected chi connectivity index (χ4v) is 4.13. The van der Waals surface area contributed by atoms with Gasteiger partial charge in [0.25, 0.3) is 0 Å². The number of nitrogens with one attached hydrogen (secondary N) is 2. The van der Waals surface area contributed by atoms with Crippen LogP contribution in [-0.2, 0) is 16.0 Å². The van der Waals surface area contributed by atoms with Crippen molar-refractivity contribution < 1.29 is 9.59 Å². The standard InChI is InChI=1S/C24H25N3O2/c1-2-23(28)26-21-9-5-3-7-18(21)15-24(29)27-13-11-17(12-14-27)20-16-25-22-10-6-4-8-19(20)22/h2-10,16-17,25H,1,11-15H2,(H,26,28). The van der Waals surface area contributed by atoms with Crippen molar-refractivity contribution in [2.24, 2.45) is 0 Å². The normalized spacial score (nSPS) is 14.7. The Bertz CT molecular complexity index is 1040. The molecule has 2 N–H and O–H groups in total. The first-order valence-corrected chi connectivity index (χ1v) is 10.0. The van der Waals surface area contributed by atoms with Crippen LogP contribution in [0, 0.1) is 0 Å². The molecule has 0 bridgehead atoms. The van der Waals surface area contributed by atoms with Crippen LogP contribution in [0.3, 0.4) is 0 Å². The largest absolute Gasteiger partial charge is 0.361 e.